The molecule has 5 nitrogen and oxygen atoms in total. The molecule has 1 aliphatic heterocycles. The van der Waals surface area contributed by atoms with Crippen LogP contribution in [0.15, 0.2) is 53.4 Å². The smallest absolute Gasteiger partial charge is 0.228 e. The second kappa shape index (κ2) is 7.85. The van der Waals surface area contributed by atoms with Crippen molar-refractivity contribution in [2.24, 2.45) is 0 Å². The van der Waals surface area contributed by atoms with E-state index in [9.17, 15) is 16.8 Å². The lowest BCUT2D eigenvalue weighted by Crippen LogP contribution is -2.58. The van der Waals surface area contributed by atoms with E-state index < -0.39 is 25.1 Å². The van der Waals surface area contributed by atoms with E-state index in [-0.39, 0.29) is 23.2 Å². The van der Waals surface area contributed by atoms with Crippen molar-refractivity contribution in [1.82, 2.24) is 4.31 Å². The molecule has 2 aliphatic rings. The summed E-state index contributed by atoms with van der Waals surface area (Å²) in [5, 5.41) is -0.855. The largest absolute Gasteiger partial charge is 0.243 e. The number of benzene rings is 2. The monoisotopic (exact) mass is 433 g/mol. The van der Waals surface area contributed by atoms with Crippen LogP contribution >= 0.6 is 0 Å². The van der Waals surface area contributed by atoms with Crippen LogP contribution in [0.2, 0.25) is 0 Å². The van der Waals surface area contributed by atoms with Crippen LogP contribution in [0.4, 0.5) is 0 Å². The molecule has 4 rings (SSSR count). The van der Waals surface area contributed by atoms with Gasteiger partial charge in [0.1, 0.15) is 0 Å². The number of hydrogen-bond acceptors (Lipinski definition) is 4. The lowest BCUT2D eigenvalue weighted by molar-refractivity contribution is 0.306. The molecule has 0 aromatic heterocycles. The molecule has 7 heteroatoms. The number of hydrogen-bond donors (Lipinski definition) is 0. The van der Waals surface area contributed by atoms with Crippen LogP contribution in [0.25, 0.3) is 11.1 Å². The maximum Gasteiger partial charge on any atom is 0.243 e. The van der Waals surface area contributed by atoms with Gasteiger partial charge in [-0.3, -0.25) is 0 Å². The Kier molecular flexibility index (Phi) is 5.57. The molecule has 0 bridgehead atoms. The average Bonchev–Trinajstić information content (AvgIpc) is 2.68. The van der Waals surface area contributed by atoms with Gasteiger partial charge in [0.2, 0.25) is 10.0 Å². The number of nitrogens with zero attached hydrogens (tertiary/aromatic N) is 1. The minimum Gasteiger partial charge on any atom is -0.228 e. The van der Waals surface area contributed by atoms with Gasteiger partial charge in [0.25, 0.3) is 0 Å². The Bertz CT molecular complexity index is 1060. The fraction of sp³-hybridized carbons (Fsp3) is 0.455. The van der Waals surface area contributed by atoms with Crippen molar-refractivity contribution in [2.45, 2.75) is 54.4 Å². The van der Waals surface area contributed by atoms with Gasteiger partial charge in [-0.2, -0.15) is 4.31 Å². The first-order chi connectivity index (χ1) is 13.8. The highest BCUT2D eigenvalue weighted by Crippen LogP contribution is 2.32. The number of rotatable bonds is 5. The molecule has 0 unspecified atom stereocenters. The molecular weight excluding hydrogens is 406 g/mol. The Morgan fingerprint density at radius 3 is 1.79 bits per heavy atom. The highest BCUT2D eigenvalue weighted by Gasteiger charge is 2.46. The summed E-state index contributed by atoms with van der Waals surface area (Å²) in [6.45, 7) is 2.16. The molecule has 0 atom stereocenters. The first-order valence-corrected chi connectivity index (χ1v) is 13.2. The summed E-state index contributed by atoms with van der Waals surface area (Å²) in [6.07, 6.45) is 4.42. The maximum atomic E-state index is 12.9. The summed E-state index contributed by atoms with van der Waals surface area (Å²) in [4.78, 5) is 0.210. The first-order valence-electron chi connectivity index (χ1n) is 10.2. The molecule has 1 saturated carbocycles. The standard InChI is InChI=1S/C22H27NO4S2/c1-17-7-9-18(10-8-17)19-11-13-21(14-12-19)29(26,27)23-15-22(16-23)28(24,25)20-5-3-2-4-6-20/h7-14,20,22H,2-6,15-16H2,1H3. The Balaban J connectivity index is 1.45. The van der Waals surface area contributed by atoms with E-state index >= 15 is 0 Å². The Morgan fingerprint density at radius 1 is 0.724 bits per heavy atom. The van der Waals surface area contributed by atoms with Crippen molar-refractivity contribution in [2.75, 3.05) is 13.1 Å². The zero-order valence-corrected chi connectivity index (χ0v) is 18.3. The number of sulfone groups is 1. The fourth-order valence-corrected chi connectivity index (χ4v) is 8.21. The normalized spacial score (nSPS) is 19.8. The fourth-order valence-electron chi connectivity index (χ4n) is 4.19. The lowest BCUT2D eigenvalue weighted by atomic mass is 10.0. The highest BCUT2D eigenvalue weighted by molar-refractivity contribution is 7.93. The van der Waals surface area contributed by atoms with Gasteiger partial charge in [-0.05, 0) is 43.0 Å². The van der Waals surface area contributed by atoms with Crippen molar-refractivity contribution in [1.29, 1.82) is 0 Å². The molecule has 156 valence electrons. The van der Waals surface area contributed by atoms with E-state index in [0.29, 0.717) is 12.8 Å². The molecule has 1 saturated heterocycles. The van der Waals surface area contributed by atoms with E-state index in [4.69, 9.17) is 0 Å². The van der Waals surface area contributed by atoms with Gasteiger partial charge in [-0.25, -0.2) is 16.8 Å². The molecule has 2 aromatic carbocycles. The highest BCUT2D eigenvalue weighted by atomic mass is 32.2. The summed E-state index contributed by atoms with van der Waals surface area (Å²) >= 11 is 0. The van der Waals surface area contributed by atoms with E-state index in [1.54, 1.807) is 24.3 Å². The molecular formula is C22H27NO4S2. The molecule has 2 fully saturated rings. The van der Waals surface area contributed by atoms with Crippen LogP contribution in [-0.2, 0) is 19.9 Å². The topological polar surface area (TPSA) is 71.5 Å². The molecule has 0 spiro atoms. The Hall–Kier alpha value is -1.70. The Labute approximate surface area is 173 Å². The summed E-state index contributed by atoms with van der Waals surface area (Å²) < 4.78 is 52.6. The van der Waals surface area contributed by atoms with Crippen molar-refractivity contribution < 1.29 is 16.8 Å². The minimum absolute atomic E-state index is 0.0703. The van der Waals surface area contributed by atoms with Gasteiger partial charge in [0.15, 0.2) is 9.84 Å². The second-order valence-electron chi connectivity index (χ2n) is 8.18. The molecule has 1 aliphatic carbocycles. The summed E-state index contributed by atoms with van der Waals surface area (Å²) in [5.41, 5.74) is 3.15. The maximum absolute atomic E-state index is 12.9. The van der Waals surface area contributed by atoms with Gasteiger partial charge in [0.05, 0.1) is 15.4 Å². The van der Waals surface area contributed by atoms with Gasteiger partial charge in [-0.1, -0.05) is 61.2 Å². The predicted molar refractivity (Wildman–Crippen MR) is 115 cm³/mol. The van der Waals surface area contributed by atoms with Crippen LogP contribution < -0.4 is 0 Å². The number of sulfonamides is 1. The van der Waals surface area contributed by atoms with Crippen LogP contribution in [0.3, 0.4) is 0 Å². The molecule has 2 aromatic rings. The molecule has 1 heterocycles. The zero-order valence-electron chi connectivity index (χ0n) is 16.6. The van der Waals surface area contributed by atoms with Crippen LogP contribution in [0.1, 0.15) is 37.7 Å². The van der Waals surface area contributed by atoms with Crippen molar-refractivity contribution in [3.8, 4) is 11.1 Å². The van der Waals surface area contributed by atoms with Crippen molar-refractivity contribution in [3.05, 3.63) is 54.1 Å². The summed E-state index contributed by atoms with van der Waals surface area (Å²) in [7, 11) is -6.92. The van der Waals surface area contributed by atoms with Crippen LogP contribution in [0, 0.1) is 6.92 Å². The third-order valence-corrected chi connectivity index (χ3v) is 10.6. The van der Waals surface area contributed by atoms with E-state index in [1.807, 2.05) is 31.2 Å². The van der Waals surface area contributed by atoms with E-state index in [2.05, 4.69) is 0 Å². The van der Waals surface area contributed by atoms with Gasteiger partial charge in [-0.15, -0.1) is 0 Å². The average molecular weight is 434 g/mol. The quantitative estimate of drug-likeness (QED) is 0.719. The summed E-state index contributed by atoms with van der Waals surface area (Å²) in [6, 6.07) is 14.9. The number of aryl methyl sites for hydroxylation is 1. The lowest BCUT2D eigenvalue weighted by Gasteiger charge is -2.39. The molecule has 0 amide bonds. The van der Waals surface area contributed by atoms with Gasteiger partial charge >= 0.3 is 0 Å². The molecule has 29 heavy (non-hydrogen) atoms. The van der Waals surface area contributed by atoms with E-state index in [0.717, 1.165) is 30.4 Å². The van der Waals surface area contributed by atoms with Crippen molar-refractivity contribution >= 4 is 19.9 Å². The Morgan fingerprint density at radius 2 is 1.24 bits per heavy atom. The SMILES string of the molecule is Cc1ccc(-c2ccc(S(=O)(=O)N3CC(S(=O)(=O)C4CCCCC4)C3)cc2)cc1. The first kappa shape index (κ1) is 20.6. The minimum atomic E-state index is -3.66. The molecule has 0 radical (unpaired) electrons. The third kappa shape index (κ3) is 4.00. The third-order valence-electron chi connectivity index (χ3n) is 6.17. The van der Waals surface area contributed by atoms with Crippen molar-refractivity contribution in [3.63, 3.8) is 0 Å². The van der Waals surface area contributed by atoms with Crippen LogP contribution in [-0.4, -0.2) is 44.7 Å². The predicted octanol–water partition coefficient (Wildman–Crippen LogP) is 3.78. The van der Waals surface area contributed by atoms with E-state index in [1.165, 1.54) is 9.87 Å². The van der Waals surface area contributed by atoms with Gasteiger partial charge < -0.3 is 0 Å². The molecule has 0 N–H and O–H groups in total. The van der Waals surface area contributed by atoms with Crippen LogP contribution in [0.5, 0.6) is 0 Å². The zero-order chi connectivity index (χ0) is 20.6. The van der Waals surface area contributed by atoms with Gasteiger partial charge in [0, 0.05) is 13.1 Å². The summed E-state index contributed by atoms with van der Waals surface area (Å²) in [5.74, 6) is 0. The second-order valence-corrected chi connectivity index (χ2v) is 12.6.